The second kappa shape index (κ2) is 5.81. The Hall–Kier alpha value is -1.93. The minimum Gasteiger partial charge on any atom is -0.318 e. The van der Waals surface area contributed by atoms with Crippen LogP contribution in [0.15, 0.2) is 48.5 Å². The van der Waals surface area contributed by atoms with Crippen molar-refractivity contribution in [1.29, 1.82) is 0 Å². The van der Waals surface area contributed by atoms with E-state index in [1.807, 2.05) is 42.5 Å². The Bertz CT molecular complexity index is 575. The third kappa shape index (κ3) is 3.30. The molecule has 0 heterocycles. The molecule has 2 aromatic rings. The van der Waals surface area contributed by atoms with Crippen LogP contribution in [-0.4, -0.2) is 5.78 Å². The fourth-order valence-electron chi connectivity index (χ4n) is 2.07. The summed E-state index contributed by atoms with van der Waals surface area (Å²) in [4.78, 5) is 12.2. The molecule has 0 saturated carbocycles. The lowest BCUT2D eigenvalue weighted by molar-refractivity contribution is -0.119. The van der Waals surface area contributed by atoms with Crippen LogP contribution in [0.3, 0.4) is 0 Å². The summed E-state index contributed by atoms with van der Waals surface area (Å²) in [7, 11) is 0. The second-order valence-electron chi connectivity index (χ2n) is 4.95. The highest BCUT2D eigenvalue weighted by molar-refractivity contribution is 5.87. The fraction of sp³-hybridized carbons (Fsp3) is 0.235. The van der Waals surface area contributed by atoms with E-state index in [1.165, 1.54) is 11.1 Å². The van der Waals surface area contributed by atoms with Crippen molar-refractivity contribution in [2.45, 2.75) is 26.3 Å². The van der Waals surface area contributed by atoms with Crippen molar-refractivity contribution in [3.05, 3.63) is 70.8 Å². The summed E-state index contributed by atoms with van der Waals surface area (Å²) in [5, 5.41) is 0. The topological polar surface area (TPSA) is 43.1 Å². The summed E-state index contributed by atoms with van der Waals surface area (Å²) < 4.78 is 0. The molecular formula is C17H19NO. The molecule has 2 rings (SSSR count). The summed E-state index contributed by atoms with van der Waals surface area (Å²) >= 11 is 0. The Morgan fingerprint density at radius 3 is 2.37 bits per heavy atom. The number of nitrogens with two attached hydrogens (primary N) is 1. The quantitative estimate of drug-likeness (QED) is 0.909. The third-order valence-electron chi connectivity index (χ3n) is 3.46. The monoisotopic (exact) mass is 253 g/mol. The van der Waals surface area contributed by atoms with E-state index < -0.39 is 6.04 Å². The Balaban J connectivity index is 2.10. The maximum Gasteiger partial charge on any atom is 0.158 e. The number of ketones is 1. The van der Waals surface area contributed by atoms with E-state index in [4.69, 9.17) is 5.73 Å². The number of carbonyl (C=O) groups excluding carboxylic acids is 1. The van der Waals surface area contributed by atoms with Gasteiger partial charge in [-0.25, -0.2) is 0 Å². The number of rotatable bonds is 4. The fourth-order valence-corrected chi connectivity index (χ4v) is 2.07. The first kappa shape index (κ1) is 13.5. The number of carbonyl (C=O) groups is 1. The number of hydrogen-bond acceptors (Lipinski definition) is 2. The molecule has 0 aliphatic heterocycles. The molecule has 2 heteroatoms. The Morgan fingerprint density at radius 2 is 1.74 bits per heavy atom. The average Bonchev–Trinajstić information content (AvgIpc) is 2.43. The molecule has 0 amide bonds. The second-order valence-corrected chi connectivity index (χ2v) is 4.95. The Labute approximate surface area is 114 Å². The van der Waals surface area contributed by atoms with Crippen LogP contribution in [0.25, 0.3) is 0 Å². The number of Topliss-reactive ketones (excluding diaryl/α,β-unsaturated/α-hetero) is 1. The molecule has 0 radical (unpaired) electrons. The third-order valence-corrected chi connectivity index (χ3v) is 3.46. The van der Waals surface area contributed by atoms with E-state index in [0.29, 0.717) is 6.42 Å². The van der Waals surface area contributed by atoms with Crippen molar-refractivity contribution in [1.82, 2.24) is 0 Å². The van der Waals surface area contributed by atoms with E-state index in [1.54, 1.807) is 0 Å². The lowest BCUT2D eigenvalue weighted by atomic mass is 9.97. The molecule has 0 unspecified atom stereocenters. The molecule has 2 nitrogen and oxygen atoms in total. The van der Waals surface area contributed by atoms with Crippen LogP contribution in [0, 0.1) is 13.8 Å². The highest BCUT2D eigenvalue weighted by Crippen LogP contribution is 2.15. The maximum absolute atomic E-state index is 12.2. The van der Waals surface area contributed by atoms with E-state index in [2.05, 4.69) is 19.9 Å². The molecule has 0 spiro atoms. The van der Waals surface area contributed by atoms with Crippen molar-refractivity contribution in [3.63, 3.8) is 0 Å². The van der Waals surface area contributed by atoms with Crippen LogP contribution in [0.5, 0.6) is 0 Å². The van der Waals surface area contributed by atoms with E-state index in [9.17, 15) is 4.79 Å². The van der Waals surface area contributed by atoms with Gasteiger partial charge in [0.25, 0.3) is 0 Å². The van der Waals surface area contributed by atoms with Crippen LogP contribution in [0.2, 0.25) is 0 Å². The summed E-state index contributed by atoms with van der Waals surface area (Å²) in [6, 6.07) is 15.1. The van der Waals surface area contributed by atoms with Crippen LogP contribution in [0.4, 0.5) is 0 Å². The number of benzene rings is 2. The van der Waals surface area contributed by atoms with Gasteiger partial charge in [-0.05, 0) is 36.1 Å². The molecule has 0 saturated heterocycles. The van der Waals surface area contributed by atoms with Crippen LogP contribution in [-0.2, 0) is 11.2 Å². The van der Waals surface area contributed by atoms with Gasteiger partial charge in [0, 0.05) is 6.42 Å². The van der Waals surface area contributed by atoms with Gasteiger partial charge in [-0.2, -0.15) is 0 Å². The molecule has 0 aromatic heterocycles. The first-order chi connectivity index (χ1) is 9.08. The number of hydrogen-bond donors (Lipinski definition) is 1. The van der Waals surface area contributed by atoms with Crippen molar-refractivity contribution in [2.24, 2.45) is 5.73 Å². The van der Waals surface area contributed by atoms with Gasteiger partial charge in [0.15, 0.2) is 5.78 Å². The predicted octanol–water partition coefficient (Wildman–Crippen LogP) is 3.12. The van der Waals surface area contributed by atoms with Crippen LogP contribution in [0.1, 0.15) is 28.3 Å². The Kier molecular flexibility index (Phi) is 4.13. The first-order valence-electron chi connectivity index (χ1n) is 6.47. The summed E-state index contributed by atoms with van der Waals surface area (Å²) in [5.41, 5.74) is 10.4. The van der Waals surface area contributed by atoms with Gasteiger partial charge in [-0.15, -0.1) is 0 Å². The van der Waals surface area contributed by atoms with Crippen molar-refractivity contribution >= 4 is 5.78 Å². The maximum atomic E-state index is 12.2. The molecular weight excluding hydrogens is 234 g/mol. The zero-order valence-corrected chi connectivity index (χ0v) is 11.4. The zero-order valence-electron chi connectivity index (χ0n) is 11.4. The van der Waals surface area contributed by atoms with Gasteiger partial charge in [0.1, 0.15) is 0 Å². The normalized spacial score (nSPS) is 12.2. The summed E-state index contributed by atoms with van der Waals surface area (Å²) in [6.45, 7) is 4.12. The van der Waals surface area contributed by atoms with Gasteiger partial charge in [-0.1, -0.05) is 48.5 Å². The highest BCUT2D eigenvalue weighted by Gasteiger charge is 2.15. The molecule has 0 fully saturated rings. The highest BCUT2D eigenvalue weighted by atomic mass is 16.1. The van der Waals surface area contributed by atoms with E-state index in [0.717, 1.165) is 11.1 Å². The van der Waals surface area contributed by atoms with Crippen LogP contribution >= 0.6 is 0 Å². The number of aryl methyl sites for hydroxylation is 2. The predicted molar refractivity (Wildman–Crippen MR) is 78.0 cm³/mol. The molecule has 2 aromatic carbocycles. The molecule has 19 heavy (non-hydrogen) atoms. The van der Waals surface area contributed by atoms with Gasteiger partial charge in [-0.3, -0.25) is 4.79 Å². The van der Waals surface area contributed by atoms with Gasteiger partial charge in [0.05, 0.1) is 6.04 Å². The minimum atomic E-state index is -0.539. The van der Waals surface area contributed by atoms with E-state index >= 15 is 0 Å². The van der Waals surface area contributed by atoms with Crippen molar-refractivity contribution in [2.75, 3.05) is 0 Å². The molecule has 98 valence electrons. The largest absolute Gasteiger partial charge is 0.318 e. The van der Waals surface area contributed by atoms with E-state index in [-0.39, 0.29) is 5.78 Å². The lowest BCUT2D eigenvalue weighted by Gasteiger charge is -2.11. The van der Waals surface area contributed by atoms with Gasteiger partial charge in [0.2, 0.25) is 0 Å². The van der Waals surface area contributed by atoms with Crippen molar-refractivity contribution < 1.29 is 4.79 Å². The van der Waals surface area contributed by atoms with Gasteiger partial charge < -0.3 is 5.73 Å². The van der Waals surface area contributed by atoms with Gasteiger partial charge >= 0.3 is 0 Å². The molecule has 2 N–H and O–H groups in total. The molecule has 0 aliphatic rings. The molecule has 0 aliphatic carbocycles. The summed E-state index contributed by atoms with van der Waals surface area (Å²) in [6.07, 6.45) is 0.386. The smallest absolute Gasteiger partial charge is 0.158 e. The molecule has 0 bridgehead atoms. The average molecular weight is 253 g/mol. The molecule has 1 atom stereocenters. The van der Waals surface area contributed by atoms with Crippen molar-refractivity contribution in [3.8, 4) is 0 Å². The lowest BCUT2D eigenvalue weighted by Crippen LogP contribution is -2.23. The first-order valence-corrected chi connectivity index (χ1v) is 6.47. The van der Waals surface area contributed by atoms with Crippen LogP contribution < -0.4 is 5.73 Å². The SMILES string of the molecule is Cc1ccc(CC(=O)[C@H](N)c2ccccc2)cc1C. The zero-order chi connectivity index (χ0) is 13.8. The Morgan fingerprint density at radius 1 is 1.05 bits per heavy atom. The standard InChI is InChI=1S/C17H19NO/c1-12-8-9-14(10-13(12)2)11-16(19)17(18)15-6-4-3-5-7-15/h3-10,17H,11,18H2,1-2H3/t17-/m1/s1. The summed E-state index contributed by atoms with van der Waals surface area (Å²) in [5.74, 6) is 0.0504. The minimum absolute atomic E-state index is 0.0504.